The van der Waals surface area contributed by atoms with Crippen molar-refractivity contribution >= 4 is 27.5 Å². The Hall–Kier alpha value is -2.41. The van der Waals surface area contributed by atoms with Crippen LogP contribution < -0.4 is 10.6 Å². The summed E-state index contributed by atoms with van der Waals surface area (Å²) in [6.45, 7) is -2.91. The summed E-state index contributed by atoms with van der Waals surface area (Å²) in [4.78, 5) is 14.9. The SMILES string of the molecule is Nn1c(SCC(=O)N(C2CCCC2)C2CCS(=O)(=O)C2)nnc1-c1ccc(OC(F)F)cc1. The number of nitrogens with two attached hydrogens (primary N) is 1. The Morgan fingerprint density at radius 1 is 1.18 bits per heavy atom. The Bertz CT molecular complexity index is 1090. The molecule has 0 spiro atoms. The van der Waals surface area contributed by atoms with Crippen LogP contribution in [0.2, 0.25) is 0 Å². The molecule has 2 heterocycles. The van der Waals surface area contributed by atoms with Gasteiger partial charge in [0.05, 0.1) is 17.3 Å². The Kier molecular flexibility index (Phi) is 7.07. The zero-order chi connectivity index (χ0) is 23.6. The normalized spacial score (nSPS) is 20.4. The van der Waals surface area contributed by atoms with E-state index in [9.17, 15) is 22.0 Å². The van der Waals surface area contributed by atoms with Gasteiger partial charge in [0.25, 0.3) is 0 Å². The van der Waals surface area contributed by atoms with Crippen LogP contribution >= 0.6 is 11.8 Å². The fraction of sp³-hybridized carbons (Fsp3) is 0.550. The van der Waals surface area contributed by atoms with Crippen LogP contribution in [0.15, 0.2) is 29.4 Å². The highest BCUT2D eigenvalue weighted by atomic mass is 32.2. The van der Waals surface area contributed by atoms with Crippen LogP contribution in [0.25, 0.3) is 11.4 Å². The molecular formula is C20H25F2N5O4S2. The zero-order valence-corrected chi connectivity index (χ0v) is 19.4. The number of nitrogen functional groups attached to an aromatic ring is 1. The van der Waals surface area contributed by atoms with Gasteiger partial charge in [0, 0.05) is 17.6 Å². The zero-order valence-electron chi connectivity index (χ0n) is 17.8. The number of halogens is 2. The van der Waals surface area contributed by atoms with Crippen molar-refractivity contribution in [1.82, 2.24) is 19.8 Å². The molecule has 1 saturated heterocycles. The summed E-state index contributed by atoms with van der Waals surface area (Å²) in [5.41, 5.74) is 0.550. The fourth-order valence-corrected chi connectivity index (χ4v) is 6.88. The lowest BCUT2D eigenvalue weighted by Crippen LogP contribution is -2.47. The highest BCUT2D eigenvalue weighted by molar-refractivity contribution is 7.99. The van der Waals surface area contributed by atoms with Gasteiger partial charge in [-0.05, 0) is 43.5 Å². The number of rotatable bonds is 8. The maximum atomic E-state index is 13.2. The number of aromatic nitrogens is 3. The number of hydrogen-bond acceptors (Lipinski definition) is 8. The Labute approximate surface area is 194 Å². The molecule has 0 radical (unpaired) electrons. The summed E-state index contributed by atoms with van der Waals surface area (Å²) in [7, 11) is -3.11. The molecule has 1 atom stereocenters. The van der Waals surface area contributed by atoms with Crippen molar-refractivity contribution in [1.29, 1.82) is 0 Å². The second-order valence-corrected chi connectivity index (χ2v) is 11.3. The van der Waals surface area contributed by atoms with Gasteiger partial charge in [-0.2, -0.15) is 8.78 Å². The molecule has 0 bridgehead atoms. The van der Waals surface area contributed by atoms with Gasteiger partial charge in [0.2, 0.25) is 11.1 Å². The van der Waals surface area contributed by atoms with E-state index >= 15 is 0 Å². The second kappa shape index (κ2) is 9.84. The van der Waals surface area contributed by atoms with Crippen LogP contribution in [0.1, 0.15) is 32.1 Å². The van der Waals surface area contributed by atoms with Gasteiger partial charge in [-0.1, -0.05) is 24.6 Å². The third-order valence-electron chi connectivity index (χ3n) is 5.93. The number of amides is 1. The van der Waals surface area contributed by atoms with Crippen molar-refractivity contribution in [2.45, 2.75) is 56.0 Å². The van der Waals surface area contributed by atoms with Crippen LogP contribution in [-0.4, -0.2) is 70.1 Å². The van der Waals surface area contributed by atoms with Gasteiger partial charge < -0.3 is 15.5 Å². The first kappa shape index (κ1) is 23.7. The molecule has 1 unspecified atom stereocenters. The molecule has 33 heavy (non-hydrogen) atoms. The minimum atomic E-state index is -3.11. The van der Waals surface area contributed by atoms with Crippen molar-refractivity contribution in [2.75, 3.05) is 23.1 Å². The molecule has 1 amide bonds. The molecule has 1 aliphatic carbocycles. The van der Waals surface area contributed by atoms with Gasteiger partial charge >= 0.3 is 6.61 Å². The highest BCUT2D eigenvalue weighted by Crippen LogP contribution is 2.31. The van der Waals surface area contributed by atoms with E-state index in [1.165, 1.54) is 28.9 Å². The number of sulfone groups is 1. The molecule has 13 heteroatoms. The third kappa shape index (κ3) is 5.57. The number of carbonyl (C=O) groups excluding carboxylic acids is 1. The molecule has 2 aliphatic rings. The topological polar surface area (TPSA) is 120 Å². The molecule has 180 valence electrons. The molecule has 2 fully saturated rings. The fourth-order valence-electron chi connectivity index (χ4n) is 4.44. The highest BCUT2D eigenvalue weighted by Gasteiger charge is 2.39. The van der Waals surface area contributed by atoms with Crippen LogP contribution in [-0.2, 0) is 14.6 Å². The Morgan fingerprint density at radius 3 is 2.48 bits per heavy atom. The smallest absolute Gasteiger partial charge is 0.387 e. The largest absolute Gasteiger partial charge is 0.435 e. The van der Waals surface area contributed by atoms with Crippen molar-refractivity contribution in [3.8, 4) is 17.1 Å². The van der Waals surface area contributed by atoms with E-state index in [2.05, 4.69) is 14.9 Å². The standard InChI is InChI=1S/C20H25F2N5O4S2/c21-19(22)31-16-7-5-13(6-8-16)18-24-25-20(27(18)23)32-11-17(28)26(14-3-1-2-4-14)15-9-10-33(29,30)12-15/h5-8,14-15,19H,1-4,9-12,23H2. The lowest BCUT2D eigenvalue weighted by atomic mass is 10.1. The predicted molar refractivity (Wildman–Crippen MR) is 119 cm³/mol. The second-order valence-electron chi connectivity index (χ2n) is 8.16. The molecule has 9 nitrogen and oxygen atoms in total. The number of ether oxygens (including phenoxy) is 1. The van der Waals surface area contributed by atoms with Gasteiger partial charge in [0.15, 0.2) is 15.7 Å². The molecule has 4 rings (SSSR count). The minimum Gasteiger partial charge on any atom is -0.435 e. The average molecular weight is 502 g/mol. The molecule has 2 N–H and O–H groups in total. The lowest BCUT2D eigenvalue weighted by molar-refractivity contribution is -0.132. The number of alkyl halides is 2. The number of thioether (sulfide) groups is 1. The number of nitrogens with zero attached hydrogens (tertiary/aromatic N) is 4. The molecule has 2 aromatic rings. The first-order valence-corrected chi connectivity index (χ1v) is 13.4. The maximum Gasteiger partial charge on any atom is 0.387 e. The van der Waals surface area contributed by atoms with E-state index < -0.39 is 16.4 Å². The first-order chi connectivity index (χ1) is 15.7. The Morgan fingerprint density at radius 2 is 1.88 bits per heavy atom. The molecular weight excluding hydrogens is 476 g/mol. The van der Waals surface area contributed by atoms with Crippen LogP contribution in [0.5, 0.6) is 5.75 Å². The number of hydrogen-bond donors (Lipinski definition) is 1. The van der Waals surface area contributed by atoms with E-state index in [1.807, 2.05) is 0 Å². The predicted octanol–water partition coefficient (Wildman–Crippen LogP) is 2.31. The van der Waals surface area contributed by atoms with E-state index in [4.69, 9.17) is 5.84 Å². The van der Waals surface area contributed by atoms with Crippen molar-refractivity contribution in [3.05, 3.63) is 24.3 Å². The van der Waals surface area contributed by atoms with E-state index in [0.29, 0.717) is 23.0 Å². The average Bonchev–Trinajstić information content (AvgIpc) is 3.48. The Balaban J connectivity index is 1.43. The summed E-state index contributed by atoms with van der Waals surface area (Å²) in [5.74, 6) is 6.49. The quantitative estimate of drug-likeness (QED) is 0.432. The van der Waals surface area contributed by atoms with Crippen molar-refractivity contribution in [3.63, 3.8) is 0 Å². The van der Waals surface area contributed by atoms with E-state index in [-0.39, 0.29) is 41.0 Å². The van der Waals surface area contributed by atoms with Crippen LogP contribution in [0.3, 0.4) is 0 Å². The first-order valence-electron chi connectivity index (χ1n) is 10.6. The van der Waals surface area contributed by atoms with Crippen LogP contribution in [0.4, 0.5) is 8.78 Å². The van der Waals surface area contributed by atoms with E-state index in [0.717, 1.165) is 37.4 Å². The van der Waals surface area contributed by atoms with E-state index in [1.54, 1.807) is 4.90 Å². The van der Waals surface area contributed by atoms with Crippen LogP contribution in [0, 0.1) is 0 Å². The number of benzene rings is 1. The molecule has 1 aromatic carbocycles. The molecule has 1 aromatic heterocycles. The third-order valence-corrected chi connectivity index (χ3v) is 8.61. The molecule has 1 aliphatic heterocycles. The molecule has 1 saturated carbocycles. The summed E-state index contributed by atoms with van der Waals surface area (Å²) >= 11 is 1.13. The number of carbonyl (C=O) groups is 1. The monoisotopic (exact) mass is 501 g/mol. The van der Waals surface area contributed by atoms with Gasteiger partial charge in [-0.25, -0.2) is 13.1 Å². The summed E-state index contributed by atoms with van der Waals surface area (Å²) in [5, 5.41) is 8.41. The summed E-state index contributed by atoms with van der Waals surface area (Å²) < 4.78 is 54.2. The van der Waals surface area contributed by atoms with Gasteiger partial charge in [-0.15, -0.1) is 10.2 Å². The summed E-state index contributed by atoms with van der Waals surface area (Å²) in [6, 6.07) is 5.60. The minimum absolute atomic E-state index is 0.0120. The van der Waals surface area contributed by atoms with Gasteiger partial charge in [-0.3, -0.25) is 4.79 Å². The van der Waals surface area contributed by atoms with Crippen molar-refractivity contribution in [2.24, 2.45) is 0 Å². The van der Waals surface area contributed by atoms with Gasteiger partial charge in [0.1, 0.15) is 5.75 Å². The maximum absolute atomic E-state index is 13.2. The summed E-state index contributed by atoms with van der Waals surface area (Å²) in [6.07, 6.45) is 4.30. The lowest BCUT2D eigenvalue weighted by Gasteiger charge is -2.34. The van der Waals surface area contributed by atoms with Crippen molar-refractivity contribution < 1.29 is 26.7 Å².